The van der Waals surface area contributed by atoms with Crippen LogP contribution < -0.4 is 0 Å². The molecular formula is C17H14ClF2NO3S2. The van der Waals surface area contributed by atoms with Crippen molar-refractivity contribution in [1.29, 1.82) is 0 Å². The van der Waals surface area contributed by atoms with Crippen molar-refractivity contribution < 1.29 is 23.8 Å². The lowest BCUT2D eigenvalue weighted by atomic mass is 10.1. The maximum Gasteiger partial charge on any atom is 0.307 e. The fraction of sp³-hybridized carbons (Fsp3) is 0.235. The van der Waals surface area contributed by atoms with Gasteiger partial charge in [0.05, 0.1) is 21.2 Å². The maximum absolute atomic E-state index is 12.5. The highest BCUT2D eigenvalue weighted by molar-refractivity contribution is 8.01. The lowest BCUT2D eigenvalue weighted by molar-refractivity contribution is -0.136. The van der Waals surface area contributed by atoms with Gasteiger partial charge >= 0.3 is 5.97 Å². The minimum Gasteiger partial charge on any atom is -0.506 e. The third kappa shape index (κ3) is 3.82. The van der Waals surface area contributed by atoms with Crippen molar-refractivity contribution in [3.8, 4) is 5.75 Å². The summed E-state index contributed by atoms with van der Waals surface area (Å²) in [5.41, 5.74) is 2.86. The molecule has 2 aromatic heterocycles. The molecule has 0 bridgehead atoms. The third-order valence-electron chi connectivity index (χ3n) is 4.03. The fourth-order valence-corrected chi connectivity index (χ4v) is 4.67. The molecule has 0 aliphatic heterocycles. The van der Waals surface area contributed by atoms with Crippen LogP contribution in [0.2, 0.25) is 5.02 Å². The predicted octanol–water partition coefficient (Wildman–Crippen LogP) is 5.36. The molecule has 2 N–H and O–H groups in total. The highest BCUT2D eigenvalue weighted by Gasteiger charge is 2.19. The predicted molar refractivity (Wildman–Crippen MR) is 100.0 cm³/mol. The van der Waals surface area contributed by atoms with Gasteiger partial charge in [-0.2, -0.15) is 8.78 Å². The summed E-state index contributed by atoms with van der Waals surface area (Å²) >= 11 is 7.77. The minimum absolute atomic E-state index is 0.117. The molecule has 0 amide bonds. The highest BCUT2D eigenvalue weighted by Crippen LogP contribution is 2.36. The Bertz CT molecular complexity index is 984. The number of phenols is 1. The SMILES string of the molecule is Cc1c(CC(=O)O)c2cc(O)c(Cl)cc2n1Cc1csc(SC(F)F)c1. The second kappa shape index (κ2) is 7.46. The first kappa shape index (κ1) is 19.0. The van der Waals surface area contributed by atoms with Gasteiger partial charge in [-0.3, -0.25) is 4.79 Å². The quantitative estimate of drug-likeness (QED) is 0.530. The van der Waals surface area contributed by atoms with Gasteiger partial charge in [-0.25, -0.2) is 0 Å². The number of hydrogen-bond donors (Lipinski definition) is 2. The monoisotopic (exact) mass is 417 g/mol. The van der Waals surface area contributed by atoms with E-state index in [1.807, 2.05) is 4.57 Å². The van der Waals surface area contributed by atoms with Crippen LogP contribution in [0.4, 0.5) is 8.78 Å². The van der Waals surface area contributed by atoms with E-state index in [0.717, 1.165) is 11.3 Å². The normalized spacial score (nSPS) is 11.6. The first-order valence-corrected chi connectivity index (χ1v) is 9.64. The Labute approximate surface area is 161 Å². The second-order valence-electron chi connectivity index (χ2n) is 5.69. The molecule has 1 aromatic carbocycles. The first-order chi connectivity index (χ1) is 12.3. The molecule has 3 rings (SSSR count). The van der Waals surface area contributed by atoms with E-state index in [0.29, 0.717) is 39.0 Å². The summed E-state index contributed by atoms with van der Waals surface area (Å²) in [7, 11) is 0. The summed E-state index contributed by atoms with van der Waals surface area (Å²) in [4.78, 5) is 11.2. The molecule has 0 saturated heterocycles. The molecule has 3 aromatic rings. The Morgan fingerprint density at radius 1 is 1.38 bits per heavy atom. The zero-order chi connectivity index (χ0) is 19.0. The van der Waals surface area contributed by atoms with Crippen molar-refractivity contribution in [3.63, 3.8) is 0 Å². The number of thioether (sulfide) groups is 1. The van der Waals surface area contributed by atoms with E-state index in [-0.39, 0.29) is 17.2 Å². The van der Waals surface area contributed by atoms with E-state index in [1.165, 1.54) is 17.4 Å². The molecule has 0 radical (unpaired) electrons. The van der Waals surface area contributed by atoms with Gasteiger partial charge in [-0.1, -0.05) is 11.6 Å². The van der Waals surface area contributed by atoms with Gasteiger partial charge in [0.2, 0.25) is 0 Å². The third-order valence-corrected chi connectivity index (χ3v) is 6.21. The van der Waals surface area contributed by atoms with E-state index in [9.17, 15) is 23.8 Å². The number of fused-ring (bicyclic) bond motifs is 1. The van der Waals surface area contributed by atoms with Crippen LogP contribution in [0.3, 0.4) is 0 Å². The number of carboxylic acid groups (broad SMARTS) is 1. The van der Waals surface area contributed by atoms with Gasteiger partial charge in [-0.15, -0.1) is 11.3 Å². The van der Waals surface area contributed by atoms with E-state index in [2.05, 4.69) is 0 Å². The van der Waals surface area contributed by atoms with Gasteiger partial charge in [0.25, 0.3) is 5.76 Å². The summed E-state index contributed by atoms with van der Waals surface area (Å²) in [6.45, 7) is 2.19. The van der Waals surface area contributed by atoms with Crippen LogP contribution >= 0.6 is 34.7 Å². The highest BCUT2D eigenvalue weighted by atomic mass is 35.5. The number of thiophene rings is 1. The molecule has 26 heavy (non-hydrogen) atoms. The van der Waals surface area contributed by atoms with Gasteiger partial charge in [0.1, 0.15) is 5.75 Å². The van der Waals surface area contributed by atoms with Crippen LogP contribution in [0.15, 0.2) is 27.8 Å². The van der Waals surface area contributed by atoms with Crippen molar-refractivity contribution >= 4 is 51.6 Å². The molecule has 0 saturated carbocycles. The number of benzene rings is 1. The molecule has 0 atom stereocenters. The molecule has 0 aliphatic rings. The van der Waals surface area contributed by atoms with Crippen molar-refractivity contribution in [2.45, 2.75) is 29.9 Å². The number of halogens is 3. The van der Waals surface area contributed by atoms with Crippen LogP contribution in [0, 0.1) is 6.92 Å². The largest absolute Gasteiger partial charge is 0.506 e. The smallest absolute Gasteiger partial charge is 0.307 e. The molecule has 0 unspecified atom stereocenters. The molecule has 9 heteroatoms. The number of nitrogens with zero attached hydrogens (tertiary/aromatic N) is 1. The summed E-state index contributed by atoms with van der Waals surface area (Å²) in [5.74, 6) is -3.57. The summed E-state index contributed by atoms with van der Waals surface area (Å²) in [6.07, 6.45) is -0.188. The average molecular weight is 418 g/mol. The van der Waals surface area contributed by atoms with Crippen molar-refractivity contribution in [2.75, 3.05) is 0 Å². The number of hydrogen-bond acceptors (Lipinski definition) is 4. The van der Waals surface area contributed by atoms with E-state index in [4.69, 9.17) is 11.6 Å². The maximum atomic E-state index is 12.5. The van der Waals surface area contributed by atoms with E-state index < -0.39 is 11.7 Å². The lowest BCUT2D eigenvalue weighted by Gasteiger charge is -2.08. The van der Waals surface area contributed by atoms with E-state index >= 15 is 0 Å². The fourth-order valence-electron chi connectivity index (χ4n) is 2.90. The Morgan fingerprint density at radius 2 is 2.12 bits per heavy atom. The molecule has 2 heterocycles. The number of aromatic nitrogens is 1. The number of phenolic OH excluding ortho intramolecular Hbond substituents is 1. The first-order valence-electron chi connectivity index (χ1n) is 7.50. The summed E-state index contributed by atoms with van der Waals surface area (Å²) in [6, 6.07) is 4.75. The van der Waals surface area contributed by atoms with E-state index in [1.54, 1.807) is 24.4 Å². The molecular weight excluding hydrogens is 404 g/mol. The zero-order valence-electron chi connectivity index (χ0n) is 13.5. The van der Waals surface area contributed by atoms with Gasteiger partial charge in [0, 0.05) is 17.6 Å². The lowest BCUT2D eigenvalue weighted by Crippen LogP contribution is -2.04. The number of alkyl halides is 2. The summed E-state index contributed by atoms with van der Waals surface area (Å²) in [5, 5.41) is 21.7. The number of carboxylic acids is 1. The number of aliphatic carboxylic acids is 1. The standard InChI is InChI=1S/C17H14ClF2NO3S2/c1-8-10(4-15(23)24)11-3-14(22)12(18)5-13(11)21(8)6-9-2-16(25-7-9)26-17(19)20/h2-3,5,7,17,22H,4,6H2,1H3,(H,23,24). The molecule has 138 valence electrons. The minimum atomic E-state index is -2.47. The Hall–Kier alpha value is -1.77. The molecule has 0 spiro atoms. The summed E-state index contributed by atoms with van der Waals surface area (Å²) < 4.78 is 27.4. The number of carbonyl (C=O) groups is 1. The number of aromatic hydroxyl groups is 1. The van der Waals surface area contributed by atoms with Gasteiger partial charge < -0.3 is 14.8 Å². The Kier molecular flexibility index (Phi) is 5.45. The van der Waals surface area contributed by atoms with Gasteiger partial charge in [0.15, 0.2) is 0 Å². The van der Waals surface area contributed by atoms with Crippen LogP contribution in [0.25, 0.3) is 10.9 Å². The van der Waals surface area contributed by atoms with Crippen LogP contribution in [0.1, 0.15) is 16.8 Å². The second-order valence-corrected chi connectivity index (χ2v) is 8.30. The van der Waals surface area contributed by atoms with Crippen molar-refractivity contribution in [3.05, 3.63) is 45.4 Å². The van der Waals surface area contributed by atoms with Crippen LogP contribution in [0.5, 0.6) is 5.75 Å². The molecule has 0 aliphatic carbocycles. The van der Waals surface area contributed by atoms with Crippen LogP contribution in [-0.4, -0.2) is 26.5 Å². The van der Waals surface area contributed by atoms with Crippen LogP contribution in [-0.2, 0) is 17.8 Å². The topological polar surface area (TPSA) is 62.5 Å². The van der Waals surface area contributed by atoms with Crippen molar-refractivity contribution in [2.24, 2.45) is 0 Å². The zero-order valence-corrected chi connectivity index (χ0v) is 15.9. The molecule has 4 nitrogen and oxygen atoms in total. The molecule has 0 fully saturated rings. The number of rotatable bonds is 6. The average Bonchev–Trinajstić information content (AvgIpc) is 3.06. The Morgan fingerprint density at radius 3 is 2.77 bits per heavy atom. The van der Waals surface area contributed by atoms with Crippen molar-refractivity contribution in [1.82, 2.24) is 4.57 Å². The Balaban J connectivity index is 2.07. The van der Waals surface area contributed by atoms with Gasteiger partial charge in [-0.05, 0) is 53.4 Å².